The lowest BCUT2D eigenvalue weighted by Crippen LogP contribution is -1.77. The van der Waals surface area contributed by atoms with E-state index in [0.717, 1.165) is 11.3 Å². The fourth-order valence-electron chi connectivity index (χ4n) is 0.820. The van der Waals surface area contributed by atoms with E-state index in [2.05, 4.69) is 20.9 Å². The molecule has 0 aliphatic heterocycles. The first kappa shape index (κ1) is 6.09. The van der Waals surface area contributed by atoms with Gasteiger partial charge in [-0.25, -0.2) is 0 Å². The Hall–Kier alpha value is -1.64. The molecule has 0 bridgehead atoms. The molecule has 2 aromatic rings. The first-order chi connectivity index (χ1) is 5.47. The third-order valence-electron chi connectivity index (χ3n) is 1.32. The Morgan fingerprint density at radius 3 is 3.00 bits per heavy atom. The van der Waals surface area contributed by atoms with Crippen molar-refractivity contribution in [3.05, 3.63) is 36.9 Å². The first-order valence-corrected chi connectivity index (χ1v) is 3.20. The van der Waals surface area contributed by atoms with Gasteiger partial charge in [0.05, 0.1) is 6.20 Å². The molecule has 1 radical (unpaired) electrons. The Bertz CT molecular complexity index is 315. The molecule has 3 nitrogen and oxygen atoms in total. The van der Waals surface area contributed by atoms with Crippen LogP contribution >= 0.6 is 0 Å². The number of hydrogen-bond donors (Lipinski definition) is 0. The Kier molecular flexibility index (Phi) is 1.41. The van der Waals surface area contributed by atoms with Gasteiger partial charge in [-0.15, -0.1) is 0 Å². The maximum absolute atomic E-state index is 4.67. The molecule has 0 saturated heterocycles. The minimum atomic E-state index is 0.762. The molecule has 3 heteroatoms. The van der Waals surface area contributed by atoms with Crippen LogP contribution < -0.4 is 0 Å². The van der Waals surface area contributed by atoms with Crippen molar-refractivity contribution in [1.29, 1.82) is 0 Å². The summed E-state index contributed by atoms with van der Waals surface area (Å²) in [5.41, 5.74) is 1.61. The highest BCUT2D eigenvalue weighted by Gasteiger charge is 1.98. The monoisotopic (exact) mass is 145 g/mol. The number of aromatic nitrogens is 2. The van der Waals surface area contributed by atoms with Crippen LogP contribution in [0.3, 0.4) is 0 Å². The van der Waals surface area contributed by atoms with Crippen LogP contribution in [0.1, 0.15) is 0 Å². The van der Waals surface area contributed by atoms with Crippen molar-refractivity contribution in [2.45, 2.75) is 0 Å². The summed E-state index contributed by atoms with van der Waals surface area (Å²) in [6.07, 6.45) is 5.99. The molecule has 0 saturated carbocycles. The Labute approximate surface area is 63.7 Å². The van der Waals surface area contributed by atoms with E-state index < -0.39 is 0 Å². The zero-order valence-corrected chi connectivity index (χ0v) is 5.69. The van der Waals surface area contributed by atoms with Gasteiger partial charge in [0.1, 0.15) is 12.0 Å². The minimum Gasteiger partial charge on any atom is -0.364 e. The summed E-state index contributed by atoms with van der Waals surface area (Å²) in [4.78, 5) is 3.83. The molecule has 11 heavy (non-hydrogen) atoms. The molecule has 0 aliphatic carbocycles. The lowest BCUT2D eigenvalue weighted by molar-refractivity contribution is 0.422. The molecule has 53 valence electrons. The van der Waals surface area contributed by atoms with Gasteiger partial charge in [0.15, 0.2) is 0 Å². The van der Waals surface area contributed by atoms with Crippen LogP contribution in [0.5, 0.6) is 0 Å². The number of rotatable bonds is 1. The second-order valence-corrected chi connectivity index (χ2v) is 2.05. The van der Waals surface area contributed by atoms with Crippen LogP contribution in [0.2, 0.25) is 0 Å². The van der Waals surface area contributed by atoms with Gasteiger partial charge in [-0.2, -0.15) is 0 Å². The van der Waals surface area contributed by atoms with E-state index in [1.807, 2.05) is 12.1 Å². The number of nitrogens with zero attached hydrogens (tertiary/aromatic N) is 2. The molecule has 2 aromatic heterocycles. The fraction of sp³-hybridized carbons (Fsp3) is 0. The topological polar surface area (TPSA) is 38.9 Å². The SMILES string of the molecule is [c]1ncccc1-c1ccon1. The zero-order chi connectivity index (χ0) is 7.52. The van der Waals surface area contributed by atoms with Crippen molar-refractivity contribution < 1.29 is 4.52 Å². The molecular weight excluding hydrogens is 140 g/mol. The van der Waals surface area contributed by atoms with Crippen molar-refractivity contribution in [3.8, 4) is 11.3 Å². The highest BCUT2D eigenvalue weighted by atomic mass is 16.5. The average molecular weight is 145 g/mol. The van der Waals surface area contributed by atoms with Gasteiger partial charge in [0.25, 0.3) is 0 Å². The number of hydrogen-bond acceptors (Lipinski definition) is 3. The van der Waals surface area contributed by atoms with Gasteiger partial charge in [-0.05, 0) is 12.1 Å². The van der Waals surface area contributed by atoms with E-state index in [1.54, 1.807) is 12.3 Å². The summed E-state index contributed by atoms with van der Waals surface area (Å²) in [6.45, 7) is 0. The van der Waals surface area contributed by atoms with Crippen molar-refractivity contribution in [2.24, 2.45) is 0 Å². The van der Waals surface area contributed by atoms with Crippen molar-refractivity contribution in [3.63, 3.8) is 0 Å². The fourth-order valence-corrected chi connectivity index (χ4v) is 0.820. The molecule has 0 fully saturated rings. The predicted octanol–water partition coefficient (Wildman–Crippen LogP) is 1.54. The van der Waals surface area contributed by atoms with E-state index in [0.29, 0.717) is 0 Å². The van der Waals surface area contributed by atoms with E-state index in [1.165, 1.54) is 6.26 Å². The summed E-state index contributed by atoms with van der Waals surface area (Å²) in [5.74, 6) is 0. The van der Waals surface area contributed by atoms with Gasteiger partial charge in [-0.1, -0.05) is 5.16 Å². The third-order valence-corrected chi connectivity index (χ3v) is 1.32. The molecule has 2 heterocycles. The molecule has 0 aliphatic rings. The Morgan fingerprint density at radius 1 is 1.36 bits per heavy atom. The largest absolute Gasteiger partial charge is 0.364 e. The van der Waals surface area contributed by atoms with Gasteiger partial charge in [0.2, 0.25) is 0 Å². The van der Waals surface area contributed by atoms with E-state index in [9.17, 15) is 0 Å². The highest BCUT2D eigenvalue weighted by molar-refractivity contribution is 5.55. The van der Waals surface area contributed by atoms with Crippen LogP contribution in [0.4, 0.5) is 0 Å². The minimum absolute atomic E-state index is 0.762. The Balaban J connectivity index is 2.46. The second kappa shape index (κ2) is 2.54. The quantitative estimate of drug-likeness (QED) is 0.610. The zero-order valence-electron chi connectivity index (χ0n) is 5.69. The predicted molar refractivity (Wildman–Crippen MR) is 38.6 cm³/mol. The normalized spacial score (nSPS) is 9.82. The molecule has 0 unspecified atom stereocenters. The summed E-state index contributed by atoms with van der Waals surface area (Å²) in [7, 11) is 0. The maximum Gasteiger partial charge on any atom is 0.124 e. The average Bonchev–Trinajstić information content (AvgIpc) is 2.58. The van der Waals surface area contributed by atoms with Gasteiger partial charge < -0.3 is 4.52 Å². The molecule has 2 rings (SSSR count). The molecule has 0 amide bonds. The van der Waals surface area contributed by atoms with Crippen LogP contribution in [0, 0.1) is 6.20 Å². The summed E-state index contributed by atoms with van der Waals surface area (Å²) in [5, 5.41) is 3.74. The van der Waals surface area contributed by atoms with Crippen molar-refractivity contribution in [2.75, 3.05) is 0 Å². The van der Waals surface area contributed by atoms with Gasteiger partial charge in [0, 0.05) is 17.8 Å². The van der Waals surface area contributed by atoms with Crippen LogP contribution in [0.15, 0.2) is 35.2 Å². The summed E-state index contributed by atoms with van der Waals surface area (Å²) >= 11 is 0. The second-order valence-electron chi connectivity index (χ2n) is 2.05. The summed E-state index contributed by atoms with van der Waals surface area (Å²) < 4.78 is 4.67. The third kappa shape index (κ3) is 1.12. The summed E-state index contributed by atoms with van der Waals surface area (Å²) in [6, 6.07) is 5.48. The first-order valence-electron chi connectivity index (χ1n) is 3.20. The highest BCUT2D eigenvalue weighted by Crippen LogP contribution is 2.13. The van der Waals surface area contributed by atoms with Crippen LogP contribution in [-0.2, 0) is 0 Å². The standard InChI is InChI=1S/C8H5N2O/c1-2-7(6-9-4-1)8-3-5-11-10-8/h1-5H. The van der Waals surface area contributed by atoms with Crippen LogP contribution in [0.25, 0.3) is 11.3 Å². The Morgan fingerprint density at radius 2 is 2.36 bits per heavy atom. The van der Waals surface area contributed by atoms with E-state index in [4.69, 9.17) is 0 Å². The lowest BCUT2D eigenvalue weighted by Gasteiger charge is -1.89. The van der Waals surface area contributed by atoms with E-state index in [-0.39, 0.29) is 0 Å². The molecule has 0 N–H and O–H groups in total. The molecular formula is C8H5N2O. The van der Waals surface area contributed by atoms with Gasteiger partial charge >= 0.3 is 0 Å². The number of pyridine rings is 1. The maximum atomic E-state index is 4.67. The van der Waals surface area contributed by atoms with Gasteiger partial charge in [-0.3, -0.25) is 4.98 Å². The molecule has 0 spiro atoms. The van der Waals surface area contributed by atoms with Crippen molar-refractivity contribution in [1.82, 2.24) is 10.1 Å². The lowest BCUT2D eigenvalue weighted by atomic mass is 10.2. The van der Waals surface area contributed by atoms with E-state index >= 15 is 0 Å². The molecule has 0 atom stereocenters. The van der Waals surface area contributed by atoms with Crippen LogP contribution in [-0.4, -0.2) is 10.1 Å². The molecule has 0 aromatic carbocycles. The van der Waals surface area contributed by atoms with Crippen molar-refractivity contribution >= 4 is 0 Å². The smallest absolute Gasteiger partial charge is 0.124 e.